The average molecular weight is 333 g/mol. The Morgan fingerprint density at radius 1 is 1.42 bits per heavy atom. The van der Waals surface area contributed by atoms with Gasteiger partial charge in [-0.05, 0) is 37.3 Å². The Morgan fingerprint density at radius 2 is 2.17 bits per heavy atom. The zero-order valence-electron chi connectivity index (χ0n) is 14.7. The molecule has 1 aliphatic rings. The van der Waals surface area contributed by atoms with Crippen LogP contribution in [0.4, 0.5) is 0 Å². The van der Waals surface area contributed by atoms with E-state index in [1.807, 2.05) is 0 Å². The van der Waals surface area contributed by atoms with Crippen LogP contribution in [0.5, 0.6) is 0 Å². The van der Waals surface area contributed by atoms with Crippen molar-refractivity contribution in [3.05, 3.63) is 47.5 Å². The second-order valence-corrected chi connectivity index (χ2v) is 6.39. The van der Waals surface area contributed by atoms with Crippen LogP contribution >= 0.6 is 0 Å². The maximum atomic E-state index is 9.96. The summed E-state index contributed by atoms with van der Waals surface area (Å²) in [5, 5.41) is 19.3. The molecule has 4 N–H and O–H groups in total. The number of hydrogen-bond acceptors (Lipinski definition) is 3. The number of quaternary nitrogens is 1. The number of carbonyl (C=O) groups excluding carboxylic acids is 1. The molecule has 24 heavy (non-hydrogen) atoms. The molecule has 1 aromatic rings. The summed E-state index contributed by atoms with van der Waals surface area (Å²) >= 11 is 0. The zero-order valence-corrected chi connectivity index (χ0v) is 14.7. The Bertz CT molecular complexity index is 513. The van der Waals surface area contributed by atoms with Crippen LogP contribution in [-0.2, 0) is 11.2 Å². The van der Waals surface area contributed by atoms with Gasteiger partial charge in [0.15, 0.2) is 0 Å². The van der Waals surface area contributed by atoms with Crippen LogP contribution in [0, 0.1) is 0 Å². The monoisotopic (exact) mass is 333 g/mol. The Balaban J connectivity index is 0.000000242. The first kappa shape index (κ1) is 20.4. The number of aliphatic carboxylic acids is 1. The van der Waals surface area contributed by atoms with E-state index in [1.165, 1.54) is 36.5 Å². The third-order valence-electron chi connectivity index (χ3n) is 4.30. The highest BCUT2D eigenvalue weighted by atomic mass is 16.4. The predicted molar refractivity (Wildman–Crippen MR) is 93.9 cm³/mol. The van der Waals surface area contributed by atoms with Crippen molar-refractivity contribution >= 4 is 5.97 Å². The number of rotatable bonds is 7. The molecule has 0 radical (unpaired) electrons. The molecular weight excluding hydrogens is 302 g/mol. The lowest BCUT2D eigenvalue weighted by atomic mass is 9.88. The molecule has 0 aliphatic heterocycles. The Kier molecular flexibility index (Phi) is 10.0. The highest BCUT2D eigenvalue weighted by Crippen LogP contribution is 2.25. The third kappa shape index (κ3) is 8.27. The summed E-state index contributed by atoms with van der Waals surface area (Å²) < 4.78 is 0. The number of aliphatic hydroxyl groups excluding tert-OH is 1. The predicted octanol–water partition coefficient (Wildman–Crippen LogP) is 1.93. The average Bonchev–Trinajstić information content (AvgIpc) is 2.56. The van der Waals surface area contributed by atoms with Crippen molar-refractivity contribution in [2.45, 2.75) is 70.4 Å². The molecule has 0 amide bonds. The van der Waals surface area contributed by atoms with Gasteiger partial charge in [-0.3, -0.25) is 0 Å². The number of unbranched alkanes of at least 4 members (excludes halogenated alkanes) is 2. The Hall–Kier alpha value is -1.65. The SMILES string of the molecule is CCCCC[C@H](O)C/C=C\C(=O)[O-].[NH3+]C1CCCc2ccccc21. The minimum absolute atomic E-state index is 0.400. The number of aryl methyl sites for hydroxylation is 1. The molecule has 4 nitrogen and oxygen atoms in total. The van der Waals surface area contributed by atoms with Gasteiger partial charge in [0.2, 0.25) is 0 Å². The van der Waals surface area contributed by atoms with Crippen molar-refractivity contribution in [2.75, 3.05) is 0 Å². The summed E-state index contributed by atoms with van der Waals surface area (Å²) in [5.74, 6) is -1.21. The zero-order chi connectivity index (χ0) is 17.8. The third-order valence-corrected chi connectivity index (χ3v) is 4.30. The first-order valence-electron chi connectivity index (χ1n) is 9.01. The van der Waals surface area contributed by atoms with Crippen molar-refractivity contribution < 1.29 is 20.7 Å². The molecule has 134 valence electrons. The molecule has 0 saturated heterocycles. The van der Waals surface area contributed by atoms with Gasteiger partial charge in [0, 0.05) is 12.0 Å². The Labute approximate surface area is 145 Å². The maximum absolute atomic E-state index is 9.96. The minimum Gasteiger partial charge on any atom is -0.545 e. The van der Waals surface area contributed by atoms with Crippen LogP contribution < -0.4 is 10.8 Å². The molecule has 0 spiro atoms. The van der Waals surface area contributed by atoms with Crippen LogP contribution in [0.3, 0.4) is 0 Å². The van der Waals surface area contributed by atoms with E-state index in [9.17, 15) is 15.0 Å². The van der Waals surface area contributed by atoms with Crippen LogP contribution in [0.2, 0.25) is 0 Å². The maximum Gasteiger partial charge on any atom is 0.110 e. The number of carboxylic acids is 1. The van der Waals surface area contributed by atoms with Crippen molar-refractivity contribution in [3.63, 3.8) is 0 Å². The molecule has 2 atom stereocenters. The number of fused-ring (bicyclic) bond motifs is 1. The van der Waals surface area contributed by atoms with Gasteiger partial charge in [0.05, 0.1) is 12.1 Å². The van der Waals surface area contributed by atoms with Crippen LogP contribution in [0.25, 0.3) is 0 Å². The van der Waals surface area contributed by atoms with E-state index in [0.29, 0.717) is 12.5 Å². The molecule has 0 saturated carbocycles. The van der Waals surface area contributed by atoms with Crippen molar-refractivity contribution in [3.8, 4) is 0 Å². The topological polar surface area (TPSA) is 88.0 Å². The minimum atomic E-state index is -1.21. The fourth-order valence-electron chi connectivity index (χ4n) is 2.92. The normalized spacial score (nSPS) is 17.7. The second kappa shape index (κ2) is 11.8. The number of benzene rings is 1. The molecule has 0 fully saturated rings. The van der Waals surface area contributed by atoms with Crippen molar-refractivity contribution in [2.24, 2.45) is 0 Å². The lowest BCUT2D eigenvalue weighted by molar-refractivity contribution is -0.429. The van der Waals surface area contributed by atoms with E-state index in [-0.39, 0.29) is 0 Å². The largest absolute Gasteiger partial charge is 0.545 e. The first-order chi connectivity index (χ1) is 11.5. The van der Waals surface area contributed by atoms with E-state index in [2.05, 4.69) is 36.9 Å². The van der Waals surface area contributed by atoms with Crippen molar-refractivity contribution in [1.82, 2.24) is 0 Å². The summed E-state index contributed by atoms with van der Waals surface area (Å²) in [7, 11) is 0. The fraction of sp³-hybridized carbons (Fsp3) is 0.550. The molecule has 0 aromatic heterocycles. The highest BCUT2D eigenvalue weighted by Gasteiger charge is 2.17. The summed E-state index contributed by atoms with van der Waals surface area (Å²) in [6.45, 7) is 2.10. The molecule has 1 aliphatic carbocycles. The summed E-state index contributed by atoms with van der Waals surface area (Å²) in [5.41, 5.74) is 7.12. The van der Waals surface area contributed by atoms with Gasteiger partial charge in [-0.15, -0.1) is 0 Å². The molecule has 4 heteroatoms. The van der Waals surface area contributed by atoms with Crippen LogP contribution in [-0.4, -0.2) is 17.2 Å². The van der Waals surface area contributed by atoms with E-state index in [4.69, 9.17) is 0 Å². The molecule has 1 unspecified atom stereocenters. The Morgan fingerprint density at radius 3 is 2.83 bits per heavy atom. The van der Waals surface area contributed by atoms with Gasteiger partial charge in [-0.25, -0.2) is 0 Å². The number of carbonyl (C=O) groups is 1. The van der Waals surface area contributed by atoms with Gasteiger partial charge < -0.3 is 20.7 Å². The van der Waals surface area contributed by atoms with E-state index >= 15 is 0 Å². The number of aliphatic hydroxyl groups is 1. The lowest BCUT2D eigenvalue weighted by Crippen LogP contribution is -2.54. The molecule has 0 bridgehead atoms. The van der Waals surface area contributed by atoms with Crippen LogP contribution in [0.15, 0.2) is 36.4 Å². The van der Waals surface area contributed by atoms with Gasteiger partial charge in [-0.2, -0.15) is 0 Å². The number of carboxylic acid groups (broad SMARTS) is 1. The standard InChI is InChI=1S/C10H13N.C10H18O3/c11-10-7-3-5-8-4-1-2-6-9(8)10;1-2-3-4-6-9(11)7-5-8-10(12)13/h1-2,4,6,10H,3,5,7,11H2;5,8-9,11H,2-4,6-7H2,1H3,(H,12,13)/b;8-5-/t;9-/m.0/s1. The van der Waals surface area contributed by atoms with Gasteiger partial charge in [-0.1, -0.05) is 56.5 Å². The summed E-state index contributed by atoms with van der Waals surface area (Å²) in [6.07, 6.45) is 10.2. The van der Waals surface area contributed by atoms with Crippen molar-refractivity contribution in [1.29, 1.82) is 0 Å². The van der Waals surface area contributed by atoms with E-state index in [0.717, 1.165) is 31.8 Å². The highest BCUT2D eigenvalue weighted by molar-refractivity contribution is 5.77. The molecule has 2 rings (SSSR count). The van der Waals surface area contributed by atoms with E-state index in [1.54, 1.807) is 0 Å². The van der Waals surface area contributed by atoms with Gasteiger partial charge >= 0.3 is 0 Å². The fourth-order valence-corrected chi connectivity index (χ4v) is 2.92. The van der Waals surface area contributed by atoms with Gasteiger partial charge in [0.1, 0.15) is 6.04 Å². The lowest BCUT2D eigenvalue weighted by Gasteiger charge is -2.18. The van der Waals surface area contributed by atoms with Crippen LogP contribution in [0.1, 0.15) is 69.0 Å². The summed E-state index contributed by atoms with van der Waals surface area (Å²) in [4.78, 5) is 9.96. The molecule has 1 aromatic carbocycles. The molecular formula is C20H31NO3. The quantitative estimate of drug-likeness (QED) is 0.590. The summed E-state index contributed by atoms with van der Waals surface area (Å²) in [6, 6.07) is 9.22. The second-order valence-electron chi connectivity index (χ2n) is 6.39. The van der Waals surface area contributed by atoms with E-state index < -0.39 is 12.1 Å². The smallest absolute Gasteiger partial charge is 0.110 e. The molecule has 0 heterocycles. The van der Waals surface area contributed by atoms with Gasteiger partial charge in [0.25, 0.3) is 0 Å². The number of hydrogen-bond donors (Lipinski definition) is 2. The first-order valence-corrected chi connectivity index (χ1v) is 9.01.